The van der Waals surface area contributed by atoms with Crippen LogP contribution in [0.4, 0.5) is 11.4 Å². The molecule has 0 unspecified atom stereocenters. The third-order valence-electron chi connectivity index (χ3n) is 4.40. The second-order valence-electron chi connectivity index (χ2n) is 6.01. The van der Waals surface area contributed by atoms with Gasteiger partial charge < -0.3 is 14.9 Å². The fourth-order valence-electron chi connectivity index (χ4n) is 3.00. The zero-order valence-electron chi connectivity index (χ0n) is 13.5. The highest BCUT2D eigenvalue weighted by molar-refractivity contribution is 6.30. The summed E-state index contributed by atoms with van der Waals surface area (Å²) in [6.45, 7) is 3.89. The van der Waals surface area contributed by atoms with Crippen LogP contribution in [0.5, 0.6) is 0 Å². The van der Waals surface area contributed by atoms with E-state index in [9.17, 15) is 4.79 Å². The van der Waals surface area contributed by atoms with Crippen LogP contribution in [0.2, 0.25) is 5.02 Å². The van der Waals surface area contributed by atoms with E-state index in [1.807, 2.05) is 24.3 Å². The lowest BCUT2D eigenvalue weighted by atomic mass is 10.1. The van der Waals surface area contributed by atoms with Crippen LogP contribution in [0, 0.1) is 0 Å². The van der Waals surface area contributed by atoms with Gasteiger partial charge >= 0.3 is 5.97 Å². The van der Waals surface area contributed by atoms with Gasteiger partial charge in [0.15, 0.2) is 0 Å². The Hall–Kier alpha value is -2.20. The normalized spacial score (nSPS) is 14.7. The highest BCUT2D eigenvalue weighted by Crippen LogP contribution is 2.22. The molecule has 0 atom stereocenters. The van der Waals surface area contributed by atoms with Crippen molar-refractivity contribution in [2.75, 3.05) is 36.0 Å². The van der Waals surface area contributed by atoms with E-state index in [4.69, 9.17) is 16.7 Å². The van der Waals surface area contributed by atoms with E-state index < -0.39 is 5.97 Å². The molecular weight excluding hydrogens is 324 g/mol. The molecule has 0 radical (unpaired) electrons. The number of nitrogens with zero attached hydrogens (tertiary/aromatic N) is 2. The minimum Gasteiger partial charge on any atom is -0.481 e. The van der Waals surface area contributed by atoms with Crippen LogP contribution < -0.4 is 9.80 Å². The Kier molecular flexibility index (Phi) is 5.26. The molecule has 1 aliphatic rings. The van der Waals surface area contributed by atoms with Crippen molar-refractivity contribution < 1.29 is 9.90 Å². The number of anilines is 2. The monoisotopic (exact) mass is 344 g/mol. The van der Waals surface area contributed by atoms with Gasteiger partial charge in [0.2, 0.25) is 0 Å². The largest absolute Gasteiger partial charge is 0.481 e. The fourth-order valence-corrected chi connectivity index (χ4v) is 3.13. The Morgan fingerprint density at radius 1 is 0.875 bits per heavy atom. The molecule has 1 heterocycles. The van der Waals surface area contributed by atoms with E-state index in [0.717, 1.165) is 36.8 Å². The standard InChI is InChI=1S/C19H21ClN2O2/c20-16-4-8-18(9-5-16)22-13-11-21(12-14-22)17-6-1-15(2-7-17)3-10-19(23)24/h1-2,4-9H,3,10-14H2,(H,23,24). The number of aliphatic carboxylic acids is 1. The average molecular weight is 345 g/mol. The van der Waals surface area contributed by atoms with Crippen molar-refractivity contribution in [1.82, 2.24) is 0 Å². The molecule has 0 aliphatic carbocycles. The highest BCUT2D eigenvalue weighted by atomic mass is 35.5. The summed E-state index contributed by atoms with van der Waals surface area (Å²) in [7, 11) is 0. The van der Waals surface area contributed by atoms with E-state index in [0.29, 0.717) is 6.42 Å². The van der Waals surface area contributed by atoms with Gasteiger partial charge in [-0.05, 0) is 48.4 Å². The first kappa shape index (κ1) is 16.7. The van der Waals surface area contributed by atoms with Crippen molar-refractivity contribution in [1.29, 1.82) is 0 Å². The lowest BCUT2D eigenvalue weighted by molar-refractivity contribution is -0.136. The number of rotatable bonds is 5. The lowest BCUT2D eigenvalue weighted by Gasteiger charge is -2.37. The number of hydrogen-bond acceptors (Lipinski definition) is 3. The topological polar surface area (TPSA) is 43.8 Å². The summed E-state index contributed by atoms with van der Waals surface area (Å²) in [5.74, 6) is -0.752. The van der Waals surface area contributed by atoms with Crippen LogP contribution in [0.25, 0.3) is 0 Å². The predicted molar refractivity (Wildman–Crippen MR) is 98.3 cm³/mol. The molecule has 2 aromatic rings. The Morgan fingerprint density at radius 3 is 1.79 bits per heavy atom. The fraction of sp³-hybridized carbons (Fsp3) is 0.316. The summed E-state index contributed by atoms with van der Waals surface area (Å²) in [6.07, 6.45) is 0.763. The molecule has 1 N–H and O–H groups in total. The van der Waals surface area contributed by atoms with E-state index in [2.05, 4.69) is 34.1 Å². The van der Waals surface area contributed by atoms with Crippen LogP contribution in [-0.2, 0) is 11.2 Å². The quantitative estimate of drug-likeness (QED) is 0.898. The van der Waals surface area contributed by atoms with Crippen molar-refractivity contribution >= 4 is 28.9 Å². The lowest BCUT2D eigenvalue weighted by Crippen LogP contribution is -2.46. The van der Waals surface area contributed by atoms with Crippen molar-refractivity contribution in [3.8, 4) is 0 Å². The summed E-state index contributed by atoms with van der Waals surface area (Å²) >= 11 is 5.95. The van der Waals surface area contributed by atoms with E-state index >= 15 is 0 Å². The second kappa shape index (κ2) is 7.58. The average Bonchev–Trinajstić information content (AvgIpc) is 2.61. The third kappa shape index (κ3) is 4.20. The van der Waals surface area contributed by atoms with Crippen molar-refractivity contribution in [2.45, 2.75) is 12.8 Å². The molecule has 0 spiro atoms. The maximum atomic E-state index is 10.6. The van der Waals surface area contributed by atoms with Crippen molar-refractivity contribution in [2.24, 2.45) is 0 Å². The van der Waals surface area contributed by atoms with Gasteiger partial charge in [-0.15, -0.1) is 0 Å². The zero-order chi connectivity index (χ0) is 16.9. The number of hydrogen-bond donors (Lipinski definition) is 1. The molecule has 0 amide bonds. The van der Waals surface area contributed by atoms with Gasteiger partial charge in [0.1, 0.15) is 0 Å². The maximum absolute atomic E-state index is 10.6. The summed E-state index contributed by atoms with van der Waals surface area (Å²) in [4.78, 5) is 15.4. The molecule has 126 valence electrons. The Labute approximate surface area is 147 Å². The molecule has 1 aliphatic heterocycles. The number of carboxylic acid groups (broad SMARTS) is 1. The van der Waals surface area contributed by atoms with E-state index in [1.54, 1.807) is 0 Å². The molecule has 0 bridgehead atoms. The van der Waals surface area contributed by atoms with Gasteiger partial charge in [0.25, 0.3) is 0 Å². The van der Waals surface area contributed by atoms with Crippen LogP contribution >= 0.6 is 11.6 Å². The summed E-state index contributed by atoms with van der Waals surface area (Å²) in [6, 6.07) is 16.2. The van der Waals surface area contributed by atoms with Crippen LogP contribution in [0.1, 0.15) is 12.0 Å². The second-order valence-corrected chi connectivity index (χ2v) is 6.45. The van der Waals surface area contributed by atoms with Crippen molar-refractivity contribution in [3.63, 3.8) is 0 Å². The van der Waals surface area contributed by atoms with Gasteiger partial charge in [-0.2, -0.15) is 0 Å². The van der Waals surface area contributed by atoms with Crippen LogP contribution in [-0.4, -0.2) is 37.3 Å². The summed E-state index contributed by atoms with van der Waals surface area (Å²) < 4.78 is 0. The maximum Gasteiger partial charge on any atom is 0.303 e. The molecule has 3 rings (SSSR count). The zero-order valence-corrected chi connectivity index (χ0v) is 14.2. The molecular formula is C19H21ClN2O2. The minimum atomic E-state index is -0.752. The van der Waals surface area contributed by atoms with E-state index in [1.165, 1.54) is 11.4 Å². The molecule has 0 saturated carbocycles. The molecule has 24 heavy (non-hydrogen) atoms. The van der Waals surface area contributed by atoms with E-state index in [-0.39, 0.29) is 6.42 Å². The SMILES string of the molecule is O=C(O)CCc1ccc(N2CCN(c3ccc(Cl)cc3)CC2)cc1. The van der Waals surface area contributed by atoms with Gasteiger partial charge in [-0.1, -0.05) is 23.7 Å². The number of halogens is 1. The molecule has 1 saturated heterocycles. The van der Waals surface area contributed by atoms with Crippen molar-refractivity contribution in [3.05, 3.63) is 59.1 Å². The predicted octanol–water partition coefficient (Wildman–Crippen LogP) is 3.68. The Morgan fingerprint density at radius 2 is 1.33 bits per heavy atom. The first-order valence-electron chi connectivity index (χ1n) is 8.18. The van der Waals surface area contributed by atoms with Gasteiger partial charge in [0, 0.05) is 49.0 Å². The molecule has 2 aromatic carbocycles. The molecule has 4 nitrogen and oxygen atoms in total. The number of carbonyl (C=O) groups is 1. The number of benzene rings is 2. The minimum absolute atomic E-state index is 0.180. The Balaban J connectivity index is 1.56. The smallest absolute Gasteiger partial charge is 0.303 e. The van der Waals surface area contributed by atoms with Gasteiger partial charge in [-0.3, -0.25) is 4.79 Å². The number of carboxylic acids is 1. The first-order valence-corrected chi connectivity index (χ1v) is 8.56. The highest BCUT2D eigenvalue weighted by Gasteiger charge is 2.17. The molecule has 0 aromatic heterocycles. The molecule has 5 heteroatoms. The van der Waals surface area contributed by atoms with Gasteiger partial charge in [0.05, 0.1) is 0 Å². The summed E-state index contributed by atoms with van der Waals surface area (Å²) in [5, 5.41) is 9.51. The first-order chi connectivity index (χ1) is 11.6. The summed E-state index contributed by atoms with van der Waals surface area (Å²) in [5.41, 5.74) is 3.48. The number of aryl methyl sites for hydroxylation is 1. The number of piperazine rings is 1. The Bertz CT molecular complexity index is 678. The van der Waals surface area contributed by atoms with Crippen LogP contribution in [0.15, 0.2) is 48.5 Å². The van der Waals surface area contributed by atoms with Crippen LogP contribution in [0.3, 0.4) is 0 Å². The third-order valence-corrected chi connectivity index (χ3v) is 4.65. The molecule has 1 fully saturated rings. The van der Waals surface area contributed by atoms with Gasteiger partial charge in [-0.25, -0.2) is 0 Å².